The number of carbonyl (C=O) groups is 1. The van der Waals surface area contributed by atoms with Crippen molar-refractivity contribution < 1.29 is 84.4 Å². The molecule has 0 amide bonds. The van der Waals surface area contributed by atoms with Crippen LogP contribution in [0.1, 0.15) is 40.0 Å². The van der Waals surface area contributed by atoms with E-state index in [1.54, 1.807) is 18.2 Å². The number of aliphatic hydroxyl groups is 5. The van der Waals surface area contributed by atoms with Crippen molar-refractivity contribution in [3.05, 3.63) is 58.0 Å². The van der Waals surface area contributed by atoms with Crippen LogP contribution in [-0.2, 0) is 37.8 Å². The third-order valence-corrected chi connectivity index (χ3v) is 5.58. The van der Waals surface area contributed by atoms with Gasteiger partial charge in [-0.25, -0.2) is 4.79 Å². The summed E-state index contributed by atoms with van der Waals surface area (Å²) in [5.41, 5.74) is 2.85. The number of hydrogen-bond donors (Lipinski definition) is 5. The van der Waals surface area contributed by atoms with E-state index in [0.717, 1.165) is 5.39 Å². The Morgan fingerprint density at radius 1 is 0.737 bits per heavy atom. The Bertz CT molecular complexity index is 1370. The van der Waals surface area contributed by atoms with Crippen molar-refractivity contribution in [2.24, 2.45) is 0 Å². The van der Waals surface area contributed by atoms with Crippen LogP contribution in [0.2, 0.25) is 0 Å². The Kier molecular flexibility index (Phi) is 13.3. The Morgan fingerprint density at radius 3 is 1.61 bits per heavy atom. The monoisotopic (exact) mass is 539 g/mol. The van der Waals surface area contributed by atoms with Crippen LogP contribution in [0.15, 0.2) is 33.1 Å². The van der Waals surface area contributed by atoms with Gasteiger partial charge in [-0.1, -0.05) is 0 Å². The van der Waals surface area contributed by atoms with Crippen molar-refractivity contribution in [1.29, 1.82) is 0 Å². The zero-order valence-corrected chi connectivity index (χ0v) is 23.6. The van der Waals surface area contributed by atoms with Crippen molar-refractivity contribution in [3.8, 4) is 11.5 Å². The minimum absolute atomic E-state index is 0. The fourth-order valence-corrected chi connectivity index (χ4v) is 3.89. The van der Waals surface area contributed by atoms with E-state index < -0.39 is 5.97 Å². The first-order valence-electron chi connectivity index (χ1n) is 10.8. The van der Waals surface area contributed by atoms with Gasteiger partial charge in [-0.05, 0) is 35.4 Å². The van der Waals surface area contributed by atoms with E-state index in [9.17, 15) is 25.2 Å². The molecule has 0 aliphatic carbocycles. The van der Waals surface area contributed by atoms with Crippen molar-refractivity contribution >= 4 is 36.3 Å². The zero-order chi connectivity index (χ0) is 26.4. The summed E-state index contributed by atoms with van der Waals surface area (Å²) in [6, 6.07) is 6.54. The average Bonchev–Trinajstić information content (AvgIpc) is 3.54. The first-order chi connectivity index (χ1) is 17.4. The molecule has 0 aliphatic heterocycles. The number of benzene rings is 2. The minimum Gasteiger partial charge on any atom is -1.00 e. The summed E-state index contributed by atoms with van der Waals surface area (Å²) >= 11 is 0. The summed E-state index contributed by atoms with van der Waals surface area (Å²) < 4.78 is 25.8. The van der Waals surface area contributed by atoms with Crippen LogP contribution < -0.4 is 39.0 Å². The molecule has 5 N–H and O–H groups in total. The molecule has 3 radical (unpaired) electrons. The number of ether oxygens (including phenoxy) is 3. The van der Waals surface area contributed by atoms with Gasteiger partial charge >= 0.3 is 35.5 Å². The van der Waals surface area contributed by atoms with E-state index in [0.29, 0.717) is 56.1 Å². The fourth-order valence-electron chi connectivity index (χ4n) is 3.89. The summed E-state index contributed by atoms with van der Waals surface area (Å²) in [7, 11) is 4.15. The number of rotatable bonds is 8. The maximum absolute atomic E-state index is 11.4. The molecule has 0 bridgehead atoms. The van der Waals surface area contributed by atoms with Crippen LogP contribution in [0.25, 0.3) is 21.9 Å². The SMILES string of the molecule is COC(=O)c1cc2cc(CO)c(CO)c(OC)c2o1.COc1c(CO)c(CO)cc2cc(CO)oc12.[B].[H-].[Na+]. The Morgan fingerprint density at radius 2 is 1.21 bits per heavy atom. The molecule has 0 unspecified atom stereocenters. The molecule has 0 saturated carbocycles. The van der Waals surface area contributed by atoms with Gasteiger partial charge in [0.2, 0.25) is 5.76 Å². The normalized spacial score (nSPS) is 10.3. The van der Waals surface area contributed by atoms with Gasteiger partial charge in [-0.3, -0.25) is 0 Å². The number of furan rings is 2. The van der Waals surface area contributed by atoms with Gasteiger partial charge in [0.25, 0.3) is 0 Å². The molecule has 11 nitrogen and oxygen atoms in total. The van der Waals surface area contributed by atoms with Crippen LogP contribution in [0.4, 0.5) is 0 Å². The van der Waals surface area contributed by atoms with Gasteiger partial charge in [0, 0.05) is 30.3 Å². The molecule has 2 aromatic heterocycles. The molecule has 0 fully saturated rings. The molecular formula is C25H29BNaO11. The smallest absolute Gasteiger partial charge is 1.00 e. The number of methoxy groups -OCH3 is 3. The zero-order valence-electron chi connectivity index (χ0n) is 22.6. The first-order valence-corrected chi connectivity index (χ1v) is 10.8. The molecule has 4 rings (SSSR count). The standard InChI is InChI=1S/C13H14O6.C12H14O5.B.Na.H/c1-17-12-9(6-15)8(5-14)3-7-4-10(13(16)18-2)19-11(7)12;1-16-12-10(6-15)8(4-13)2-7-3-9(5-14)17-11(7)12;;;/h3-4,14-15H,5-6H2,1-2H3;2-3,13-15H,4-6H2,1H3;;;/q;;;+1;-1. The van der Waals surface area contributed by atoms with E-state index >= 15 is 0 Å². The van der Waals surface area contributed by atoms with Gasteiger partial charge < -0.3 is 50.0 Å². The molecule has 0 aliphatic rings. The van der Waals surface area contributed by atoms with Gasteiger partial charge in [0.15, 0.2) is 22.7 Å². The van der Waals surface area contributed by atoms with E-state index in [-0.39, 0.29) is 78.2 Å². The number of esters is 1. The number of fused-ring (bicyclic) bond motifs is 2. The number of carbonyl (C=O) groups excluding carboxylic acids is 1. The van der Waals surface area contributed by atoms with Gasteiger partial charge in [0.1, 0.15) is 12.4 Å². The number of hydrogen-bond acceptors (Lipinski definition) is 11. The van der Waals surface area contributed by atoms with Crippen molar-refractivity contribution in [2.75, 3.05) is 21.3 Å². The second-order valence-electron chi connectivity index (χ2n) is 7.54. The van der Waals surface area contributed by atoms with Crippen LogP contribution in [0, 0.1) is 0 Å². The van der Waals surface area contributed by atoms with Crippen molar-refractivity contribution in [1.82, 2.24) is 0 Å². The molecule has 199 valence electrons. The third-order valence-electron chi connectivity index (χ3n) is 5.58. The predicted molar refractivity (Wildman–Crippen MR) is 133 cm³/mol. The predicted octanol–water partition coefficient (Wildman–Crippen LogP) is -1.13. The maximum atomic E-state index is 11.4. The Labute approximate surface area is 243 Å². The molecule has 0 atom stereocenters. The Hall–Kier alpha value is -2.55. The molecule has 38 heavy (non-hydrogen) atoms. The molecule has 2 aromatic carbocycles. The van der Waals surface area contributed by atoms with Crippen molar-refractivity contribution in [3.63, 3.8) is 0 Å². The molecule has 0 spiro atoms. The van der Waals surface area contributed by atoms with Gasteiger partial charge in [-0.15, -0.1) is 0 Å². The summed E-state index contributed by atoms with van der Waals surface area (Å²) in [6.07, 6.45) is 0. The Balaban J connectivity index is 0.000000691. The summed E-state index contributed by atoms with van der Waals surface area (Å²) in [5, 5.41) is 47.6. The molecular weight excluding hydrogens is 510 g/mol. The molecule has 2 heterocycles. The maximum Gasteiger partial charge on any atom is 1.00 e. The molecule has 13 heteroatoms. The fraction of sp³-hybridized carbons (Fsp3) is 0.320. The van der Waals surface area contributed by atoms with Crippen molar-refractivity contribution in [2.45, 2.75) is 33.0 Å². The summed E-state index contributed by atoms with van der Waals surface area (Å²) in [5.74, 6) is 0.550. The second kappa shape index (κ2) is 15.1. The van der Waals surface area contributed by atoms with Crippen LogP contribution in [0.3, 0.4) is 0 Å². The van der Waals surface area contributed by atoms with Crippen LogP contribution >= 0.6 is 0 Å². The third kappa shape index (κ3) is 6.53. The van der Waals surface area contributed by atoms with Crippen LogP contribution in [-0.4, -0.2) is 61.2 Å². The quantitative estimate of drug-likeness (QED) is 0.136. The topological polar surface area (TPSA) is 172 Å². The first kappa shape index (κ1) is 33.5. The van der Waals surface area contributed by atoms with Crippen LogP contribution in [0.5, 0.6) is 11.5 Å². The van der Waals surface area contributed by atoms with Gasteiger partial charge in [-0.2, -0.15) is 0 Å². The van der Waals surface area contributed by atoms with E-state index in [2.05, 4.69) is 4.74 Å². The second-order valence-corrected chi connectivity index (χ2v) is 7.54. The summed E-state index contributed by atoms with van der Waals surface area (Å²) in [4.78, 5) is 11.4. The number of aliphatic hydroxyl groups excluding tert-OH is 5. The molecule has 4 aromatic rings. The minimum atomic E-state index is -0.602. The van der Waals surface area contributed by atoms with E-state index in [1.165, 1.54) is 27.4 Å². The van der Waals surface area contributed by atoms with Gasteiger partial charge in [0.05, 0.1) is 47.8 Å². The molecule has 0 saturated heterocycles. The average molecular weight is 539 g/mol. The largest absolute Gasteiger partial charge is 1.00 e. The summed E-state index contributed by atoms with van der Waals surface area (Å²) in [6.45, 7) is -1.20. The van der Waals surface area contributed by atoms with E-state index in [4.69, 9.17) is 23.4 Å². The van der Waals surface area contributed by atoms with E-state index in [1.807, 2.05) is 0 Å².